The first-order valence-corrected chi connectivity index (χ1v) is 14.5. The lowest BCUT2D eigenvalue weighted by Gasteiger charge is -2.23. The van der Waals surface area contributed by atoms with Crippen molar-refractivity contribution in [3.05, 3.63) is 71.8 Å². The van der Waals surface area contributed by atoms with Crippen LogP contribution in [0, 0.1) is 13.8 Å². The molecule has 12 heteroatoms. The minimum absolute atomic E-state index is 0.0157. The zero-order valence-corrected chi connectivity index (χ0v) is 22.1. The van der Waals surface area contributed by atoms with E-state index >= 15 is 0 Å². The van der Waals surface area contributed by atoms with Crippen molar-refractivity contribution in [1.82, 2.24) is 0 Å². The number of hydrogen-bond acceptors (Lipinski definition) is 7. The standard InChI is InChI=1S/C25H27N3O7S2/c1-4-36(30,31)28(20-9-12-23-24(14-20)35-16-34-23)15-25(29)26-19-7-10-21(11-8-19)37(32,33)27-22-13-17(2)5-6-18(22)3/h5-14,27H,4,15-16H2,1-3H3,(H,26,29). The molecule has 1 amide bonds. The second-order valence-electron chi connectivity index (χ2n) is 8.44. The van der Waals surface area contributed by atoms with Crippen LogP contribution in [0.25, 0.3) is 0 Å². The molecule has 0 bridgehead atoms. The summed E-state index contributed by atoms with van der Waals surface area (Å²) < 4.78 is 65.3. The minimum atomic E-state index is -3.85. The Morgan fingerprint density at radius 1 is 0.919 bits per heavy atom. The number of anilines is 3. The van der Waals surface area contributed by atoms with E-state index in [0.717, 1.165) is 15.4 Å². The summed E-state index contributed by atoms with van der Waals surface area (Å²) in [6.45, 7) is 4.71. The Bertz CT molecular complexity index is 1540. The molecule has 4 rings (SSSR count). The predicted molar refractivity (Wildman–Crippen MR) is 141 cm³/mol. The zero-order chi connectivity index (χ0) is 26.8. The van der Waals surface area contributed by atoms with Crippen LogP contribution >= 0.6 is 0 Å². The topological polar surface area (TPSA) is 131 Å². The summed E-state index contributed by atoms with van der Waals surface area (Å²) in [5.41, 5.74) is 2.77. The van der Waals surface area contributed by atoms with E-state index in [9.17, 15) is 21.6 Å². The van der Waals surface area contributed by atoms with Crippen molar-refractivity contribution >= 4 is 43.0 Å². The van der Waals surface area contributed by atoms with Crippen molar-refractivity contribution in [2.45, 2.75) is 25.7 Å². The van der Waals surface area contributed by atoms with Crippen LogP contribution in [-0.4, -0.2) is 41.8 Å². The number of carbonyl (C=O) groups excluding carboxylic acids is 1. The summed E-state index contributed by atoms with van der Waals surface area (Å²) in [7, 11) is -7.65. The Morgan fingerprint density at radius 2 is 1.62 bits per heavy atom. The molecule has 0 aromatic heterocycles. The van der Waals surface area contributed by atoms with E-state index in [-0.39, 0.29) is 23.1 Å². The maximum absolute atomic E-state index is 12.8. The van der Waals surface area contributed by atoms with Crippen LogP contribution < -0.4 is 23.8 Å². The number of amides is 1. The van der Waals surface area contributed by atoms with Crippen LogP contribution in [0.4, 0.5) is 17.1 Å². The summed E-state index contributed by atoms with van der Waals surface area (Å²) in [5, 5.41) is 2.62. The largest absolute Gasteiger partial charge is 0.454 e. The molecule has 1 aliphatic heterocycles. The van der Waals surface area contributed by atoms with E-state index in [1.807, 2.05) is 26.0 Å². The van der Waals surface area contributed by atoms with Crippen molar-refractivity contribution in [2.24, 2.45) is 0 Å². The van der Waals surface area contributed by atoms with Gasteiger partial charge in [-0.05, 0) is 74.4 Å². The maximum Gasteiger partial charge on any atom is 0.261 e. The van der Waals surface area contributed by atoms with E-state index in [2.05, 4.69) is 10.0 Å². The first kappa shape index (κ1) is 26.3. The molecule has 37 heavy (non-hydrogen) atoms. The molecule has 3 aromatic carbocycles. The van der Waals surface area contributed by atoms with Crippen molar-refractivity contribution in [1.29, 1.82) is 0 Å². The average molecular weight is 546 g/mol. The fourth-order valence-electron chi connectivity index (χ4n) is 3.64. The Hall–Kier alpha value is -3.77. The number of carbonyl (C=O) groups is 1. The number of fused-ring (bicyclic) bond motifs is 1. The Labute approximate surface area is 216 Å². The van der Waals surface area contributed by atoms with Crippen molar-refractivity contribution in [3.63, 3.8) is 0 Å². The van der Waals surface area contributed by atoms with Gasteiger partial charge in [-0.2, -0.15) is 0 Å². The second kappa shape index (κ2) is 10.3. The number of ether oxygens (including phenoxy) is 2. The predicted octanol–water partition coefficient (Wildman–Crippen LogP) is 3.63. The van der Waals surface area contributed by atoms with Crippen LogP contribution in [0.3, 0.4) is 0 Å². The highest BCUT2D eigenvalue weighted by atomic mass is 32.2. The smallest absolute Gasteiger partial charge is 0.261 e. The molecule has 2 N–H and O–H groups in total. The first-order chi connectivity index (χ1) is 17.5. The number of rotatable bonds is 9. The highest BCUT2D eigenvalue weighted by Crippen LogP contribution is 2.36. The maximum atomic E-state index is 12.8. The summed E-state index contributed by atoms with van der Waals surface area (Å²) in [6.07, 6.45) is 0. The molecule has 0 radical (unpaired) electrons. The van der Waals surface area contributed by atoms with E-state index < -0.39 is 32.5 Å². The van der Waals surface area contributed by atoms with Gasteiger partial charge in [0.05, 0.1) is 22.0 Å². The van der Waals surface area contributed by atoms with Crippen LogP contribution in [0.2, 0.25) is 0 Å². The molecule has 0 saturated carbocycles. The Balaban J connectivity index is 1.48. The van der Waals surface area contributed by atoms with Gasteiger partial charge in [-0.1, -0.05) is 12.1 Å². The summed E-state index contributed by atoms with van der Waals surface area (Å²) in [5.74, 6) is 0.0673. The van der Waals surface area contributed by atoms with Crippen molar-refractivity contribution in [2.75, 3.05) is 33.4 Å². The molecule has 0 spiro atoms. The molecule has 1 heterocycles. The Morgan fingerprint density at radius 3 is 2.32 bits per heavy atom. The average Bonchev–Trinajstić information content (AvgIpc) is 3.33. The molecule has 3 aromatic rings. The number of nitrogens with one attached hydrogen (secondary N) is 2. The van der Waals surface area contributed by atoms with Crippen LogP contribution in [0.5, 0.6) is 11.5 Å². The van der Waals surface area contributed by atoms with Gasteiger partial charge in [0.2, 0.25) is 22.7 Å². The van der Waals surface area contributed by atoms with E-state index in [4.69, 9.17) is 9.47 Å². The van der Waals surface area contributed by atoms with Gasteiger partial charge in [-0.15, -0.1) is 0 Å². The fourth-order valence-corrected chi connectivity index (χ4v) is 5.83. The highest BCUT2D eigenvalue weighted by Gasteiger charge is 2.26. The Kier molecular flexibility index (Phi) is 7.32. The molecule has 10 nitrogen and oxygen atoms in total. The third kappa shape index (κ3) is 5.97. The SMILES string of the molecule is CCS(=O)(=O)N(CC(=O)Nc1ccc(S(=O)(=O)Nc2cc(C)ccc2C)cc1)c1ccc2c(c1)OCO2. The number of nitrogens with zero attached hydrogens (tertiary/aromatic N) is 1. The second-order valence-corrected chi connectivity index (χ2v) is 12.3. The third-order valence-electron chi connectivity index (χ3n) is 5.72. The van der Waals surface area contributed by atoms with Gasteiger partial charge in [-0.3, -0.25) is 13.8 Å². The van der Waals surface area contributed by atoms with Gasteiger partial charge in [0.25, 0.3) is 10.0 Å². The van der Waals surface area contributed by atoms with Gasteiger partial charge in [-0.25, -0.2) is 16.8 Å². The molecular weight excluding hydrogens is 518 g/mol. The first-order valence-electron chi connectivity index (χ1n) is 11.4. The highest BCUT2D eigenvalue weighted by molar-refractivity contribution is 7.93. The van der Waals surface area contributed by atoms with Gasteiger partial charge in [0.1, 0.15) is 6.54 Å². The molecule has 0 fully saturated rings. The van der Waals surface area contributed by atoms with Crippen molar-refractivity contribution in [3.8, 4) is 11.5 Å². The van der Waals surface area contributed by atoms with E-state index in [1.165, 1.54) is 43.3 Å². The minimum Gasteiger partial charge on any atom is -0.454 e. The molecule has 0 saturated heterocycles. The number of benzene rings is 3. The normalized spacial score (nSPS) is 12.7. The monoisotopic (exact) mass is 545 g/mol. The fraction of sp³-hybridized carbons (Fsp3) is 0.240. The summed E-state index contributed by atoms with van der Waals surface area (Å²) >= 11 is 0. The molecule has 0 atom stereocenters. The molecule has 196 valence electrons. The molecule has 0 unspecified atom stereocenters. The van der Waals surface area contributed by atoms with Crippen LogP contribution in [0.15, 0.2) is 65.6 Å². The van der Waals surface area contributed by atoms with Gasteiger partial charge in [0, 0.05) is 11.8 Å². The molecule has 1 aliphatic rings. The van der Waals surface area contributed by atoms with Crippen LogP contribution in [0.1, 0.15) is 18.1 Å². The lowest BCUT2D eigenvalue weighted by Crippen LogP contribution is -2.39. The summed E-state index contributed by atoms with van der Waals surface area (Å²) in [6, 6.07) is 15.7. The lowest BCUT2D eigenvalue weighted by atomic mass is 10.1. The zero-order valence-electron chi connectivity index (χ0n) is 20.5. The molecular formula is C25H27N3O7S2. The third-order valence-corrected chi connectivity index (χ3v) is 8.84. The lowest BCUT2D eigenvalue weighted by molar-refractivity contribution is -0.114. The quantitative estimate of drug-likeness (QED) is 0.420. The molecule has 0 aliphatic carbocycles. The van der Waals surface area contributed by atoms with Crippen LogP contribution in [-0.2, 0) is 24.8 Å². The van der Waals surface area contributed by atoms with Gasteiger partial charge in [0.15, 0.2) is 11.5 Å². The number of hydrogen-bond donors (Lipinski definition) is 2. The van der Waals surface area contributed by atoms with E-state index in [0.29, 0.717) is 22.9 Å². The number of sulfonamides is 2. The number of aryl methyl sites for hydroxylation is 2. The van der Waals surface area contributed by atoms with Gasteiger partial charge < -0.3 is 14.8 Å². The van der Waals surface area contributed by atoms with Crippen molar-refractivity contribution < 1.29 is 31.1 Å². The summed E-state index contributed by atoms with van der Waals surface area (Å²) in [4.78, 5) is 12.8. The van der Waals surface area contributed by atoms with E-state index in [1.54, 1.807) is 12.1 Å². The van der Waals surface area contributed by atoms with Gasteiger partial charge >= 0.3 is 0 Å².